The van der Waals surface area contributed by atoms with Crippen LogP contribution in [0.15, 0.2) is 5.38 Å². The van der Waals surface area contributed by atoms with E-state index in [-0.39, 0.29) is 34.7 Å². The number of thiophene rings is 1. The first-order valence-electron chi connectivity index (χ1n) is 9.42. The van der Waals surface area contributed by atoms with Crippen LogP contribution in [0.5, 0.6) is 0 Å². The van der Waals surface area contributed by atoms with Crippen molar-refractivity contribution < 1.29 is 19.1 Å². The number of piperidine rings is 1. The van der Waals surface area contributed by atoms with Crippen molar-refractivity contribution in [1.29, 1.82) is 0 Å². The maximum atomic E-state index is 12.7. The molecule has 0 spiro atoms. The van der Waals surface area contributed by atoms with Crippen molar-refractivity contribution in [3.05, 3.63) is 32.4 Å². The summed E-state index contributed by atoms with van der Waals surface area (Å²) in [5.74, 6) is -0.686. The van der Waals surface area contributed by atoms with E-state index >= 15 is 0 Å². The number of aromatic amines is 1. The third-order valence-electron chi connectivity index (χ3n) is 5.25. The number of methoxy groups -OCH3 is 2. The van der Waals surface area contributed by atoms with Gasteiger partial charge in [-0.3, -0.25) is 4.79 Å². The highest BCUT2D eigenvalue weighted by Gasteiger charge is 2.33. The van der Waals surface area contributed by atoms with Crippen LogP contribution in [0.2, 0.25) is 10.0 Å². The van der Waals surface area contributed by atoms with E-state index in [4.69, 9.17) is 32.7 Å². The summed E-state index contributed by atoms with van der Waals surface area (Å²) in [6.45, 7) is 2.98. The predicted molar refractivity (Wildman–Crippen MR) is 123 cm³/mol. The number of rotatable bonds is 5. The van der Waals surface area contributed by atoms with Crippen molar-refractivity contribution >= 4 is 72.4 Å². The first-order valence-corrected chi connectivity index (χ1v) is 11.9. The highest BCUT2D eigenvalue weighted by Crippen LogP contribution is 2.37. The summed E-state index contributed by atoms with van der Waals surface area (Å²) < 4.78 is 11.3. The molecule has 0 saturated carbocycles. The largest absolute Gasteiger partial charge is 0.465 e. The topological polar surface area (TPSA) is 96.5 Å². The Balaban J connectivity index is 1.48. The quantitative estimate of drug-likeness (QED) is 0.509. The zero-order valence-corrected chi connectivity index (χ0v) is 20.1. The Bertz CT molecular complexity index is 1140. The molecule has 3 aromatic rings. The van der Waals surface area contributed by atoms with Gasteiger partial charge in [-0.1, -0.05) is 34.5 Å². The minimum Gasteiger partial charge on any atom is -0.465 e. The van der Waals surface area contributed by atoms with Gasteiger partial charge in [0.1, 0.15) is 10.5 Å². The van der Waals surface area contributed by atoms with Crippen LogP contribution in [0, 0.1) is 6.92 Å². The number of ether oxygens (including phenoxy) is 2. The van der Waals surface area contributed by atoms with E-state index in [0.29, 0.717) is 35.8 Å². The summed E-state index contributed by atoms with van der Waals surface area (Å²) in [6, 6.07) is -0.195. The van der Waals surface area contributed by atoms with Crippen molar-refractivity contribution in [3.8, 4) is 0 Å². The number of nitrogens with one attached hydrogen (secondary N) is 2. The Morgan fingerprint density at radius 3 is 2.74 bits per heavy atom. The molecule has 3 aromatic heterocycles. The van der Waals surface area contributed by atoms with Crippen LogP contribution >= 0.6 is 45.9 Å². The van der Waals surface area contributed by atoms with Crippen molar-refractivity contribution in [2.24, 2.45) is 0 Å². The zero-order chi connectivity index (χ0) is 22.3. The third kappa shape index (κ3) is 4.14. The Morgan fingerprint density at radius 2 is 2.10 bits per heavy atom. The Hall–Kier alpha value is -1.85. The number of thiazole rings is 1. The lowest BCUT2D eigenvalue weighted by Gasteiger charge is -2.37. The summed E-state index contributed by atoms with van der Waals surface area (Å²) in [4.78, 5) is 35.2. The number of nitrogens with zero attached hydrogens (tertiary/aromatic N) is 2. The van der Waals surface area contributed by atoms with Crippen LogP contribution in [-0.4, -0.2) is 61.3 Å². The maximum Gasteiger partial charge on any atom is 0.340 e. The normalized spacial score (nSPS) is 19.1. The molecule has 166 valence electrons. The van der Waals surface area contributed by atoms with Crippen LogP contribution in [0.25, 0.3) is 9.53 Å². The number of H-pyrrole nitrogens is 1. The number of carbonyl (C=O) groups is 2. The summed E-state index contributed by atoms with van der Waals surface area (Å²) in [5.41, 5.74) is 1.43. The second kappa shape index (κ2) is 8.95. The lowest BCUT2D eigenvalue weighted by Crippen LogP contribution is -2.55. The minimum atomic E-state index is -0.365. The first kappa shape index (κ1) is 22.3. The zero-order valence-electron chi connectivity index (χ0n) is 17.0. The number of aromatic nitrogens is 2. The van der Waals surface area contributed by atoms with Gasteiger partial charge in [0.25, 0.3) is 5.91 Å². The molecule has 1 fully saturated rings. The molecule has 1 amide bonds. The van der Waals surface area contributed by atoms with E-state index in [1.807, 2.05) is 0 Å². The molecule has 1 aliphatic heterocycles. The SMILES string of the molecule is COC(=O)c1csc2nc(N3CC[C@@H](NC(=O)c4[nH]c(C)c(Cl)c4Cl)[C@@H](OC)C3)sc12. The van der Waals surface area contributed by atoms with E-state index in [0.717, 1.165) is 14.7 Å². The summed E-state index contributed by atoms with van der Waals surface area (Å²) >= 11 is 15.1. The standard InChI is InChI=1S/C19H20Cl2N4O4S2/c1-8-12(20)13(21)14(22-8)16(26)23-10-4-5-25(6-11(10)28-2)19-24-17-15(31-19)9(7-30-17)18(27)29-3/h7,10-11,22H,4-6H2,1-3H3,(H,23,26)/t10-,11+/m1/s1. The van der Waals surface area contributed by atoms with Gasteiger partial charge in [0.2, 0.25) is 0 Å². The molecule has 0 unspecified atom stereocenters. The number of halogens is 2. The van der Waals surface area contributed by atoms with E-state index in [1.54, 1.807) is 19.4 Å². The molecular weight excluding hydrogens is 483 g/mol. The number of hydrogen-bond acceptors (Lipinski definition) is 8. The number of aryl methyl sites for hydroxylation is 1. The molecule has 1 saturated heterocycles. The molecule has 0 radical (unpaired) electrons. The van der Waals surface area contributed by atoms with Gasteiger partial charge in [-0.2, -0.15) is 0 Å². The monoisotopic (exact) mass is 502 g/mol. The second-order valence-electron chi connectivity index (χ2n) is 7.11. The van der Waals surface area contributed by atoms with Gasteiger partial charge in [-0.25, -0.2) is 9.78 Å². The highest BCUT2D eigenvalue weighted by atomic mass is 35.5. The van der Waals surface area contributed by atoms with Crippen LogP contribution < -0.4 is 10.2 Å². The number of hydrogen-bond donors (Lipinski definition) is 2. The molecule has 8 nitrogen and oxygen atoms in total. The fourth-order valence-corrected chi connectivity index (χ4v) is 6.18. The minimum absolute atomic E-state index is 0.195. The lowest BCUT2D eigenvalue weighted by molar-refractivity contribution is 0.0540. The fraction of sp³-hybridized carbons (Fsp3) is 0.421. The van der Waals surface area contributed by atoms with Gasteiger partial charge in [0.15, 0.2) is 5.13 Å². The summed E-state index contributed by atoms with van der Waals surface area (Å²) in [5, 5.41) is 6.14. The van der Waals surface area contributed by atoms with Crippen molar-refractivity contribution in [2.45, 2.75) is 25.5 Å². The number of fused-ring (bicyclic) bond motifs is 1. The fourth-order valence-electron chi connectivity index (χ4n) is 3.56. The van der Waals surface area contributed by atoms with Crippen LogP contribution in [-0.2, 0) is 9.47 Å². The van der Waals surface area contributed by atoms with Gasteiger partial charge in [-0.15, -0.1) is 11.3 Å². The molecule has 0 aliphatic carbocycles. The van der Waals surface area contributed by atoms with E-state index in [9.17, 15) is 9.59 Å². The molecule has 0 aromatic carbocycles. The predicted octanol–water partition coefficient (Wildman–Crippen LogP) is 4.11. The lowest BCUT2D eigenvalue weighted by atomic mass is 10.0. The Morgan fingerprint density at radius 1 is 1.32 bits per heavy atom. The Kier molecular flexibility index (Phi) is 6.45. The molecular formula is C19H20Cl2N4O4S2. The van der Waals surface area contributed by atoms with Gasteiger partial charge >= 0.3 is 5.97 Å². The first-order chi connectivity index (χ1) is 14.8. The number of amides is 1. The molecule has 2 N–H and O–H groups in total. The van der Waals surface area contributed by atoms with E-state index in [2.05, 4.69) is 20.2 Å². The number of esters is 1. The third-order valence-corrected chi connectivity index (χ3v) is 8.35. The van der Waals surface area contributed by atoms with Gasteiger partial charge in [0.05, 0.1) is 39.6 Å². The molecule has 2 atom stereocenters. The molecule has 31 heavy (non-hydrogen) atoms. The van der Waals surface area contributed by atoms with Crippen molar-refractivity contribution in [3.63, 3.8) is 0 Å². The maximum absolute atomic E-state index is 12.7. The van der Waals surface area contributed by atoms with Crippen LogP contribution in [0.4, 0.5) is 5.13 Å². The summed E-state index contributed by atoms with van der Waals surface area (Å²) in [6.07, 6.45) is 0.414. The van der Waals surface area contributed by atoms with Gasteiger partial charge in [-0.05, 0) is 13.3 Å². The van der Waals surface area contributed by atoms with Crippen LogP contribution in [0.1, 0.15) is 33.0 Å². The molecule has 0 bridgehead atoms. The molecule has 4 rings (SSSR count). The molecule has 1 aliphatic rings. The number of anilines is 1. The van der Waals surface area contributed by atoms with Crippen LogP contribution in [0.3, 0.4) is 0 Å². The smallest absolute Gasteiger partial charge is 0.340 e. The van der Waals surface area contributed by atoms with E-state index in [1.165, 1.54) is 29.8 Å². The van der Waals surface area contributed by atoms with Gasteiger partial charge in [0, 0.05) is 31.3 Å². The second-order valence-corrected chi connectivity index (χ2v) is 9.70. The van der Waals surface area contributed by atoms with E-state index < -0.39 is 0 Å². The average Bonchev–Trinajstić information content (AvgIpc) is 3.43. The number of carbonyl (C=O) groups excluding carboxylic acids is 2. The summed E-state index contributed by atoms with van der Waals surface area (Å²) in [7, 11) is 2.98. The highest BCUT2D eigenvalue weighted by molar-refractivity contribution is 7.28. The van der Waals surface area contributed by atoms with Crippen molar-refractivity contribution in [2.75, 3.05) is 32.2 Å². The molecule has 12 heteroatoms. The average molecular weight is 503 g/mol. The van der Waals surface area contributed by atoms with Gasteiger partial charge < -0.3 is 24.7 Å². The Labute approximate surface area is 196 Å². The van der Waals surface area contributed by atoms with Crippen molar-refractivity contribution in [1.82, 2.24) is 15.3 Å². The molecule has 4 heterocycles.